The smallest absolute Gasteiger partial charge is 0.256 e. The molecule has 0 unspecified atom stereocenters. The third kappa shape index (κ3) is 4.09. The van der Waals surface area contributed by atoms with Crippen molar-refractivity contribution in [2.45, 2.75) is 71.6 Å². The number of hydrogen-bond donors (Lipinski definition) is 3. The number of aromatic amines is 1. The molecule has 8 nitrogen and oxygen atoms in total. The number of anilines is 2. The second kappa shape index (κ2) is 9.52. The molecule has 1 fully saturated rings. The van der Waals surface area contributed by atoms with Gasteiger partial charge in [-0.05, 0) is 61.8 Å². The average molecular weight is 525 g/mol. The van der Waals surface area contributed by atoms with Gasteiger partial charge in [-0.1, -0.05) is 20.8 Å². The van der Waals surface area contributed by atoms with Crippen LogP contribution >= 0.6 is 11.6 Å². The van der Waals surface area contributed by atoms with Gasteiger partial charge in [0.15, 0.2) is 17.4 Å². The van der Waals surface area contributed by atoms with Crippen molar-refractivity contribution < 1.29 is 14.0 Å². The van der Waals surface area contributed by atoms with Gasteiger partial charge in [0, 0.05) is 41.4 Å². The Labute approximate surface area is 219 Å². The minimum absolute atomic E-state index is 0.00163. The van der Waals surface area contributed by atoms with Gasteiger partial charge in [-0.2, -0.15) is 4.98 Å². The molecular weight excluding hydrogens is 495 g/mol. The predicted octanol–water partition coefficient (Wildman–Crippen LogP) is 5.46. The number of amides is 1. The standard InChI is InChI=1S/C25H24ClFN6O2.C2H6/c1-3-25(7-8-25)20-15(11(2)34)13-5-4-12-10-29-22(18(27)16(12)19(13)31-20)32-21-17-14(30-24(26)33-21)6-9-28-23(17)35;1-2/h10,31H,3-9H2,1-2H3,(H,28,35)(H,29,30,32,33);1-2H3. The first-order valence-corrected chi connectivity index (χ1v) is 13.3. The molecular formula is C27H30ClFN6O2. The molecule has 1 aliphatic heterocycles. The van der Waals surface area contributed by atoms with Crippen molar-refractivity contribution in [2.24, 2.45) is 0 Å². The summed E-state index contributed by atoms with van der Waals surface area (Å²) >= 11 is 6.08. The van der Waals surface area contributed by atoms with Crippen LogP contribution in [0.25, 0.3) is 11.3 Å². The Kier molecular flexibility index (Phi) is 6.52. The predicted molar refractivity (Wildman–Crippen MR) is 140 cm³/mol. The highest BCUT2D eigenvalue weighted by atomic mass is 35.5. The number of pyridine rings is 1. The first-order valence-electron chi connectivity index (χ1n) is 12.9. The van der Waals surface area contributed by atoms with Crippen LogP contribution in [0, 0.1) is 5.82 Å². The maximum atomic E-state index is 16.1. The zero-order chi connectivity index (χ0) is 26.5. The molecule has 1 saturated carbocycles. The monoisotopic (exact) mass is 524 g/mol. The van der Waals surface area contributed by atoms with Crippen molar-refractivity contribution >= 4 is 34.9 Å². The number of ketones is 1. The second-order valence-corrected chi connectivity index (χ2v) is 9.87. The molecule has 3 aromatic heterocycles. The van der Waals surface area contributed by atoms with Gasteiger partial charge in [0.2, 0.25) is 5.28 Å². The Morgan fingerprint density at radius 1 is 1.16 bits per heavy atom. The Balaban J connectivity index is 0.00000137. The van der Waals surface area contributed by atoms with E-state index in [2.05, 4.69) is 37.5 Å². The van der Waals surface area contributed by atoms with Gasteiger partial charge >= 0.3 is 0 Å². The summed E-state index contributed by atoms with van der Waals surface area (Å²) in [5.74, 6) is -0.863. The topological polar surface area (TPSA) is 113 Å². The normalized spacial score (nSPS) is 16.4. The lowest BCUT2D eigenvalue weighted by molar-refractivity contribution is 0.0944. The Morgan fingerprint density at radius 2 is 1.92 bits per heavy atom. The summed E-state index contributed by atoms with van der Waals surface area (Å²) in [6, 6.07) is 0. The number of nitrogens with zero attached hydrogens (tertiary/aromatic N) is 3. The van der Waals surface area contributed by atoms with E-state index in [0.29, 0.717) is 48.3 Å². The SMILES string of the molecule is CC.CCC1(c2[nH]c3c(c2C(C)=O)CCc2cnc(Nc4nc(Cl)nc5c4C(=O)NCC5)c(F)c2-3)CC1. The van der Waals surface area contributed by atoms with Crippen LogP contribution < -0.4 is 10.6 Å². The van der Waals surface area contributed by atoms with Gasteiger partial charge in [0.1, 0.15) is 11.4 Å². The zero-order valence-electron chi connectivity index (χ0n) is 21.4. The van der Waals surface area contributed by atoms with Crippen molar-refractivity contribution in [1.29, 1.82) is 0 Å². The molecule has 3 N–H and O–H groups in total. The summed E-state index contributed by atoms with van der Waals surface area (Å²) in [6.07, 6.45) is 6.33. The number of H-pyrrole nitrogens is 1. The van der Waals surface area contributed by atoms with Crippen molar-refractivity contribution in [3.8, 4) is 11.3 Å². The molecule has 2 aliphatic carbocycles. The van der Waals surface area contributed by atoms with Crippen LogP contribution in [0.1, 0.15) is 90.2 Å². The Hall–Kier alpha value is -3.33. The highest BCUT2D eigenvalue weighted by Crippen LogP contribution is 2.54. The molecule has 10 heteroatoms. The fraction of sp³-hybridized carbons (Fsp3) is 0.444. The molecule has 0 saturated heterocycles. The number of carbonyl (C=O) groups excluding carboxylic acids is 2. The van der Waals surface area contributed by atoms with Crippen LogP contribution in [0.4, 0.5) is 16.0 Å². The number of halogens is 2. The summed E-state index contributed by atoms with van der Waals surface area (Å²) in [6.45, 7) is 8.15. The molecule has 0 radical (unpaired) electrons. The highest BCUT2D eigenvalue weighted by molar-refractivity contribution is 6.28. The lowest BCUT2D eigenvalue weighted by Gasteiger charge is -2.21. The van der Waals surface area contributed by atoms with Crippen LogP contribution in [0.5, 0.6) is 0 Å². The van der Waals surface area contributed by atoms with E-state index in [1.165, 1.54) is 0 Å². The molecule has 3 aliphatic rings. The molecule has 0 atom stereocenters. The molecule has 0 spiro atoms. The van der Waals surface area contributed by atoms with Gasteiger partial charge in [-0.25, -0.2) is 14.4 Å². The summed E-state index contributed by atoms with van der Waals surface area (Å²) in [7, 11) is 0. The molecule has 3 aromatic rings. The van der Waals surface area contributed by atoms with E-state index in [0.717, 1.165) is 36.1 Å². The van der Waals surface area contributed by atoms with Gasteiger partial charge in [0.25, 0.3) is 5.91 Å². The van der Waals surface area contributed by atoms with E-state index < -0.39 is 5.82 Å². The Bertz CT molecular complexity index is 1430. The van der Waals surface area contributed by atoms with E-state index in [9.17, 15) is 9.59 Å². The first kappa shape index (κ1) is 25.3. The second-order valence-electron chi connectivity index (χ2n) is 9.53. The van der Waals surface area contributed by atoms with E-state index >= 15 is 4.39 Å². The molecule has 0 aromatic carbocycles. The van der Waals surface area contributed by atoms with Gasteiger partial charge in [-0.3, -0.25) is 9.59 Å². The van der Waals surface area contributed by atoms with E-state index in [4.69, 9.17) is 11.6 Å². The molecule has 4 heterocycles. The molecule has 194 valence electrons. The van der Waals surface area contributed by atoms with Crippen LogP contribution in [0.2, 0.25) is 5.28 Å². The lowest BCUT2D eigenvalue weighted by atomic mass is 9.86. The quantitative estimate of drug-likeness (QED) is 0.302. The summed E-state index contributed by atoms with van der Waals surface area (Å²) in [5.41, 5.74) is 5.05. The molecule has 0 bridgehead atoms. The Morgan fingerprint density at radius 3 is 2.59 bits per heavy atom. The number of aryl methyl sites for hydroxylation is 1. The summed E-state index contributed by atoms with van der Waals surface area (Å²) in [5, 5.41) is 5.61. The third-order valence-electron chi connectivity index (χ3n) is 7.58. The number of carbonyl (C=O) groups is 2. The minimum atomic E-state index is -0.563. The summed E-state index contributed by atoms with van der Waals surface area (Å²) < 4.78 is 16.1. The largest absolute Gasteiger partial charge is 0.357 e. The lowest BCUT2D eigenvalue weighted by Crippen LogP contribution is -2.33. The zero-order valence-corrected chi connectivity index (χ0v) is 22.2. The molecule has 6 rings (SSSR count). The van der Waals surface area contributed by atoms with Crippen LogP contribution in [-0.2, 0) is 24.7 Å². The number of hydrogen-bond acceptors (Lipinski definition) is 6. The first-order chi connectivity index (χ1) is 17.8. The fourth-order valence-corrected chi connectivity index (χ4v) is 5.72. The van der Waals surface area contributed by atoms with Gasteiger partial charge in [-0.15, -0.1) is 0 Å². The molecule has 1 amide bonds. The number of rotatable bonds is 5. The highest BCUT2D eigenvalue weighted by Gasteiger charge is 2.47. The van der Waals surface area contributed by atoms with Crippen LogP contribution in [0.3, 0.4) is 0 Å². The summed E-state index contributed by atoms with van der Waals surface area (Å²) in [4.78, 5) is 41.3. The van der Waals surface area contributed by atoms with Crippen LogP contribution in [0.15, 0.2) is 6.20 Å². The molecule has 37 heavy (non-hydrogen) atoms. The van der Waals surface area contributed by atoms with E-state index in [1.54, 1.807) is 13.1 Å². The van der Waals surface area contributed by atoms with Crippen molar-refractivity contribution in [3.05, 3.63) is 50.9 Å². The number of aromatic nitrogens is 4. The average Bonchev–Trinajstić information content (AvgIpc) is 3.58. The number of Topliss-reactive ketones (excluding diaryl/α,β-unsaturated/α-hetero) is 1. The van der Waals surface area contributed by atoms with E-state index in [1.807, 2.05) is 13.8 Å². The third-order valence-corrected chi connectivity index (χ3v) is 7.75. The maximum Gasteiger partial charge on any atom is 0.256 e. The van der Waals surface area contributed by atoms with Gasteiger partial charge < -0.3 is 15.6 Å². The van der Waals surface area contributed by atoms with Crippen molar-refractivity contribution in [2.75, 3.05) is 11.9 Å². The number of fused-ring (bicyclic) bond motifs is 4. The van der Waals surface area contributed by atoms with Crippen molar-refractivity contribution in [3.63, 3.8) is 0 Å². The minimum Gasteiger partial charge on any atom is -0.357 e. The maximum absolute atomic E-state index is 16.1. The van der Waals surface area contributed by atoms with Gasteiger partial charge in [0.05, 0.1) is 11.4 Å². The number of nitrogens with one attached hydrogen (secondary N) is 3. The van der Waals surface area contributed by atoms with E-state index in [-0.39, 0.29) is 39.6 Å². The van der Waals surface area contributed by atoms with Crippen molar-refractivity contribution in [1.82, 2.24) is 25.3 Å². The van der Waals surface area contributed by atoms with Crippen LogP contribution in [-0.4, -0.2) is 38.2 Å². The fourth-order valence-electron chi connectivity index (χ4n) is 5.53.